The number of aromatic nitrogens is 2. The summed E-state index contributed by atoms with van der Waals surface area (Å²) in [6.45, 7) is 0. The number of fused-ring (bicyclic) bond motifs is 1. The van der Waals surface area contributed by atoms with Gasteiger partial charge in [-0.05, 0) is 55.5 Å². The fourth-order valence-electron chi connectivity index (χ4n) is 2.87. The second-order valence-corrected chi connectivity index (χ2v) is 5.88. The molecule has 4 rings (SSSR count). The lowest BCUT2D eigenvalue weighted by Crippen LogP contribution is -2.02. The Bertz CT molecular complexity index is 862. The molecule has 1 aromatic carbocycles. The standard InChI is InChI=1S/C18H16FN3.ClH/c19-14-7-5-12-2-1-9-21-18(12)17(14)13-6-8-16(20)22-15(13)10-11-3-4-11;/h1-2,5-9,11H,3-4,10H2,(H2,20,22);1H. The van der Waals surface area contributed by atoms with Crippen molar-refractivity contribution < 1.29 is 4.39 Å². The molecule has 1 aliphatic carbocycles. The number of rotatable bonds is 3. The second-order valence-electron chi connectivity index (χ2n) is 5.88. The van der Waals surface area contributed by atoms with Crippen LogP contribution in [0.1, 0.15) is 18.5 Å². The Hall–Kier alpha value is -2.20. The van der Waals surface area contributed by atoms with Crippen molar-refractivity contribution >= 4 is 29.1 Å². The maximum atomic E-state index is 14.5. The van der Waals surface area contributed by atoms with Gasteiger partial charge in [-0.25, -0.2) is 9.37 Å². The Labute approximate surface area is 140 Å². The first kappa shape index (κ1) is 15.7. The van der Waals surface area contributed by atoms with Gasteiger partial charge in [0.25, 0.3) is 0 Å². The molecule has 1 saturated carbocycles. The molecule has 1 fully saturated rings. The molecular weight excluding hydrogens is 313 g/mol. The third-order valence-corrected chi connectivity index (χ3v) is 4.17. The molecular formula is C18H17ClFN3. The van der Waals surface area contributed by atoms with Crippen LogP contribution in [-0.2, 0) is 6.42 Å². The molecule has 0 aliphatic heterocycles. The van der Waals surface area contributed by atoms with E-state index in [0.717, 1.165) is 23.1 Å². The van der Waals surface area contributed by atoms with Crippen LogP contribution in [0.4, 0.5) is 10.2 Å². The molecule has 3 aromatic rings. The SMILES string of the molecule is Cl.Nc1ccc(-c2c(F)ccc3cccnc23)c(CC2CC2)n1. The molecule has 0 atom stereocenters. The predicted octanol–water partition coefficient (Wildman–Crippen LogP) is 4.39. The topological polar surface area (TPSA) is 51.8 Å². The van der Waals surface area contributed by atoms with E-state index < -0.39 is 0 Å². The Balaban J connectivity index is 0.00000156. The molecule has 0 bridgehead atoms. The highest BCUT2D eigenvalue weighted by molar-refractivity contribution is 5.94. The van der Waals surface area contributed by atoms with E-state index in [1.807, 2.05) is 18.2 Å². The number of benzene rings is 1. The molecule has 23 heavy (non-hydrogen) atoms. The number of nitrogens with two attached hydrogens (primary N) is 1. The summed E-state index contributed by atoms with van der Waals surface area (Å²) >= 11 is 0. The lowest BCUT2D eigenvalue weighted by atomic mass is 9.97. The minimum Gasteiger partial charge on any atom is -0.384 e. The summed E-state index contributed by atoms with van der Waals surface area (Å²) in [5.41, 5.74) is 8.72. The highest BCUT2D eigenvalue weighted by atomic mass is 35.5. The maximum Gasteiger partial charge on any atom is 0.133 e. The average molecular weight is 330 g/mol. The predicted molar refractivity (Wildman–Crippen MR) is 93.0 cm³/mol. The first-order chi connectivity index (χ1) is 10.7. The van der Waals surface area contributed by atoms with Crippen molar-refractivity contribution in [2.75, 3.05) is 5.73 Å². The van der Waals surface area contributed by atoms with Crippen molar-refractivity contribution in [3.05, 3.63) is 54.1 Å². The monoisotopic (exact) mass is 329 g/mol. The number of pyridine rings is 2. The van der Waals surface area contributed by atoms with E-state index >= 15 is 0 Å². The van der Waals surface area contributed by atoms with Crippen molar-refractivity contribution in [1.82, 2.24) is 9.97 Å². The highest BCUT2D eigenvalue weighted by Crippen LogP contribution is 2.37. The minimum absolute atomic E-state index is 0. The van der Waals surface area contributed by atoms with E-state index in [9.17, 15) is 4.39 Å². The minimum atomic E-state index is -0.269. The van der Waals surface area contributed by atoms with E-state index in [-0.39, 0.29) is 18.2 Å². The van der Waals surface area contributed by atoms with Gasteiger partial charge in [0.2, 0.25) is 0 Å². The lowest BCUT2D eigenvalue weighted by Gasteiger charge is -2.12. The first-order valence-corrected chi connectivity index (χ1v) is 7.51. The van der Waals surface area contributed by atoms with Gasteiger partial charge in [0.15, 0.2) is 0 Å². The maximum absolute atomic E-state index is 14.5. The summed E-state index contributed by atoms with van der Waals surface area (Å²) in [5.74, 6) is 0.863. The average Bonchev–Trinajstić information content (AvgIpc) is 3.32. The zero-order valence-electron chi connectivity index (χ0n) is 12.5. The number of hydrogen-bond acceptors (Lipinski definition) is 3. The molecule has 2 N–H and O–H groups in total. The van der Waals surface area contributed by atoms with Gasteiger partial charge in [-0.3, -0.25) is 4.98 Å². The zero-order chi connectivity index (χ0) is 15.1. The molecule has 3 nitrogen and oxygen atoms in total. The van der Waals surface area contributed by atoms with Gasteiger partial charge in [-0.2, -0.15) is 0 Å². The van der Waals surface area contributed by atoms with Crippen LogP contribution < -0.4 is 5.73 Å². The van der Waals surface area contributed by atoms with E-state index in [1.165, 1.54) is 18.9 Å². The highest BCUT2D eigenvalue weighted by Gasteiger charge is 2.25. The summed E-state index contributed by atoms with van der Waals surface area (Å²) in [6.07, 6.45) is 4.97. The third kappa shape index (κ3) is 2.99. The summed E-state index contributed by atoms with van der Waals surface area (Å²) in [4.78, 5) is 8.84. The molecule has 0 spiro atoms. The van der Waals surface area contributed by atoms with Gasteiger partial charge in [-0.1, -0.05) is 6.07 Å². The van der Waals surface area contributed by atoms with Crippen molar-refractivity contribution in [2.24, 2.45) is 5.92 Å². The van der Waals surface area contributed by atoms with Crippen LogP contribution in [0, 0.1) is 11.7 Å². The Morgan fingerprint density at radius 2 is 1.96 bits per heavy atom. The quantitative estimate of drug-likeness (QED) is 0.775. The van der Waals surface area contributed by atoms with Gasteiger partial charge >= 0.3 is 0 Å². The van der Waals surface area contributed by atoms with E-state index in [4.69, 9.17) is 5.73 Å². The number of nitrogen functional groups attached to an aromatic ring is 1. The summed E-state index contributed by atoms with van der Waals surface area (Å²) in [6, 6.07) is 10.6. The van der Waals surface area contributed by atoms with Crippen LogP contribution in [0.5, 0.6) is 0 Å². The van der Waals surface area contributed by atoms with E-state index in [2.05, 4.69) is 9.97 Å². The summed E-state index contributed by atoms with van der Waals surface area (Å²) < 4.78 is 14.5. The summed E-state index contributed by atoms with van der Waals surface area (Å²) in [5, 5.41) is 0.924. The molecule has 0 radical (unpaired) electrons. The molecule has 0 amide bonds. The van der Waals surface area contributed by atoms with Gasteiger partial charge < -0.3 is 5.73 Å². The smallest absolute Gasteiger partial charge is 0.133 e. The van der Waals surface area contributed by atoms with E-state index in [0.29, 0.717) is 22.8 Å². The van der Waals surface area contributed by atoms with Gasteiger partial charge in [0.1, 0.15) is 11.6 Å². The molecule has 0 unspecified atom stereocenters. The van der Waals surface area contributed by atoms with Gasteiger partial charge in [-0.15, -0.1) is 12.4 Å². The van der Waals surface area contributed by atoms with Gasteiger partial charge in [0.05, 0.1) is 11.2 Å². The normalized spacial score (nSPS) is 13.8. The van der Waals surface area contributed by atoms with Crippen LogP contribution >= 0.6 is 12.4 Å². The Kier molecular flexibility index (Phi) is 4.18. The van der Waals surface area contributed by atoms with Gasteiger partial charge in [0, 0.05) is 22.7 Å². The third-order valence-electron chi connectivity index (χ3n) is 4.17. The Morgan fingerprint density at radius 1 is 1.13 bits per heavy atom. The molecule has 1 aliphatic rings. The van der Waals surface area contributed by atoms with Crippen molar-refractivity contribution in [3.63, 3.8) is 0 Å². The van der Waals surface area contributed by atoms with Crippen molar-refractivity contribution in [3.8, 4) is 11.1 Å². The molecule has 2 heterocycles. The second kappa shape index (κ2) is 6.13. The van der Waals surface area contributed by atoms with Crippen LogP contribution in [0.25, 0.3) is 22.0 Å². The largest absolute Gasteiger partial charge is 0.384 e. The van der Waals surface area contributed by atoms with Crippen LogP contribution in [0.2, 0.25) is 0 Å². The van der Waals surface area contributed by atoms with Crippen molar-refractivity contribution in [2.45, 2.75) is 19.3 Å². The first-order valence-electron chi connectivity index (χ1n) is 7.51. The van der Waals surface area contributed by atoms with Crippen molar-refractivity contribution in [1.29, 1.82) is 0 Å². The number of halogens is 2. The Morgan fingerprint density at radius 3 is 2.74 bits per heavy atom. The molecule has 5 heteroatoms. The fourth-order valence-corrected chi connectivity index (χ4v) is 2.87. The number of hydrogen-bond donors (Lipinski definition) is 1. The van der Waals surface area contributed by atoms with Crippen LogP contribution in [-0.4, -0.2) is 9.97 Å². The van der Waals surface area contributed by atoms with E-state index in [1.54, 1.807) is 18.3 Å². The van der Waals surface area contributed by atoms with Crippen LogP contribution in [0.3, 0.4) is 0 Å². The van der Waals surface area contributed by atoms with Crippen LogP contribution in [0.15, 0.2) is 42.6 Å². The fraction of sp³-hybridized carbons (Fsp3) is 0.222. The number of anilines is 1. The summed E-state index contributed by atoms with van der Waals surface area (Å²) in [7, 11) is 0. The molecule has 118 valence electrons. The molecule has 0 saturated heterocycles. The molecule has 2 aromatic heterocycles. The zero-order valence-corrected chi connectivity index (χ0v) is 13.3. The number of nitrogens with zero attached hydrogens (tertiary/aromatic N) is 2. The lowest BCUT2D eigenvalue weighted by molar-refractivity contribution is 0.632.